The van der Waals surface area contributed by atoms with Gasteiger partial charge in [-0.05, 0) is 24.3 Å². The fraction of sp³-hybridized carbons (Fsp3) is 0.100. The van der Waals surface area contributed by atoms with E-state index in [1.54, 1.807) is 0 Å². The summed E-state index contributed by atoms with van der Waals surface area (Å²) in [7, 11) is 0. The highest BCUT2D eigenvalue weighted by atomic mass is 32.2. The molecule has 5 heteroatoms. The number of nitrogens with zero attached hydrogens (tertiary/aromatic N) is 3. The van der Waals surface area contributed by atoms with Crippen LogP contribution in [0, 0.1) is 23.8 Å². The third-order valence-corrected chi connectivity index (χ3v) is 4.56. The average Bonchev–Trinajstić information content (AvgIpc) is 3.28. The largest absolute Gasteiger partial charge is 0.362 e. The van der Waals surface area contributed by atoms with Gasteiger partial charge in [-0.2, -0.15) is 0 Å². The Kier molecular flexibility index (Phi) is 4.16. The van der Waals surface area contributed by atoms with E-state index in [0.29, 0.717) is 0 Å². The molecule has 4 nitrogen and oxygen atoms in total. The zero-order valence-electron chi connectivity index (χ0n) is 13.4. The number of terminal acetylenes is 1. The van der Waals surface area contributed by atoms with Crippen LogP contribution in [0.1, 0.15) is 0 Å². The Hall–Kier alpha value is -3.15. The third kappa shape index (κ3) is 2.87. The van der Waals surface area contributed by atoms with Gasteiger partial charge in [0.2, 0.25) is 0 Å². The molecule has 2 heterocycles. The molecule has 0 amide bonds. The molecule has 25 heavy (non-hydrogen) atoms. The van der Waals surface area contributed by atoms with E-state index in [2.05, 4.69) is 27.7 Å². The van der Waals surface area contributed by atoms with Gasteiger partial charge in [0.25, 0.3) is 0 Å². The normalized spacial score (nSPS) is 12.8. The predicted octanol–water partition coefficient (Wildman–Crippen LogP) is 2.49. The van der Waals surface area contributed by atoms with Crippen LogP contribution in [0.25, 0.3) is 22.4 Å². The minimum Gasteiger partial charge on any atom is -0.362 e. The maximum absolute atomic E-state index is 5.81. The molecule has 0 saturated carbocycles. The Morgan fingerprint density at radius 1 is 1.12 bits per heavy atom. The zero-order valence-corrected chi connectivity index (χ0v) is 14.3. The first kappa shape index (κ1) is 15.4. The molecule has 0 fully saturated rings. The van der Waals surface area contributed by atoms with Crippen molar-refractivity contribution in [1.82, 2.24) is 9.88 Å². The molecular formula is C20H15N4S+. The molecule has 120 valence electrons. The molecule has 0 spiro atoms. The standard InChI is InChI=1S/C20H15N4S/c1-2-23-17-10-6-7-11-18(17)24(14-15-25-20-21-12-13-22-20)19(23)16-8-4-3-5-9-16/h1,3-11H,12-13H2,(H,21,22)/q+1. The number of aliphatic imine (C=N–C) groups is 1. The molecule has 0 saturated heterocycles. The first-order valence-electron chi connectivity index (χ1n) is 7.92. The van der Waals surface area contributed by atoms with Crippen molar-refractivity contribution < 1.29 is 4.57 Å². The lowest BCUT2D eigenvalue weighted by Crippen LogP contribution is -2.30. The number of hydrogen-bond donors (Lipinski definition) is 1. The summed E-state index contributed by atoms with van der Waals surface area (Å²) in [5.41, 5.74) is 2.96. The minimum absolute atomic E-state index is 0.808. The molecular weight excluding hydrogens is 328 g/mol. The van der Waals surface area contributed by atoms with Crippen molar-refractivity contribution in [3.63, 3.8) is 0 Å². The lowest BCUT2D eigenvalue weighted by Gasteiger charge is -1.96. The number of thioether (sulfide) groups is 1. The number of nitrogens with one attached hydrogen (secondary N) is 1. The maximum atomic E-state index is 5.81. The number of amidine groups is 1. The van der Waals surface area contributed by atoms with Crippen LogP contribution in [0.5, 0.6) is 0 Å². The quantitative estimate of drug-likeness (QED) is 0.544. The summed E-state index contributed by atoms with van der Waals surface area (Å²) >= 11 is 1.40. The van der Waals surface area contributed by atoms with E-state index in [4.69, 9.17) is 6.42 Å². The van der Waals surface area contributed by atoms with Gasteiger partial charge in [-0.25, -0.2) is 0 Å². The van der Waals surface area contributed by atoms with E-state index < -0.39 is 0 Å². The second kappa shape index (κ2) is 6.76. The average molecular weight is 343 g/mol. The number of fused-ring (bicyclic) bond motifs is 1. The molecule has 1 N–H and O–H groups in total. The Morgan fingerprint density at radius 2 is 1.92 bits per heavy atom. The van der Waals surface area contributed by atoms with Crippen LogP contribution in [0.4, 0.5) is 0 Å². The van der Waals surface area contributed by atoms with Crippen LogP contribution >= 0.6 is 11.8 Å². The fourth-order valence-corrected chi connectivity index (χ4v) is 3.38. The Bertz CT molecular complexity index is 1060. The Morgan fingerprint density at radius 3 is 2.68 bits per heavy atom. The van der Waals surface area contributed by atoms with E-state index in [1.165, 1.54) is 11.8 Å². The second-order valence-electron chi connectivity index (χ2n) is 5.41. The summed E-state index contributed by atoms with van der Waals surface area (Å²) in [5, 5.41) is 7.21. The number of para-hydroxylation sites is 2. The second-order valence-corrected chi connectivity index (χ2v) is 6.20. The van der Waals surface area contributed by atoms with Crippen molar-refractivity contribution in [1.29, 1.82) is 0 Å². The van der Waals surface area contributed by atoms with Crippen LogP contribution in [0.3, 0.4) is 0 Å². The molecule has 0 bridgehead atoms. The number of hydrogen-bond acceptors (Lipinski definition) is 3. The van der Waals surface area contributed by atoms with E-state index in [1.807, 2.05) is 63.7 Å². The van der Waals surface area contributed by atoms with Gasteiger partial charge in [-0.3, -0.25) is 4.99 Å². The molecule has 0 radical (unpaired) electrons. The van der Waals surface area contributed by atoms with E-state index in [0.717, 1.165) is 40.7 Å². The maximum Gasteiger partial charge on any atom is 0.316 e. The summed E-state index contributed by atoms with van der Waals surface area (Å²) in [6, 6.07) is 24.1. The minimum atomic E-state index is 0.808. The van der Waals surface area contributed by atoms with Gasteiger partial charge in [-0.15, -0.1) is 9.13 Å². The van der Waals surface area contributed by atoms with Crippen LogP contribution in [0.2, 0.25) is 0 Å². The Balaban J connectivity index is 1.90. The monoisotopic (exact) mass is 343 g/mol. The summed E-state index contributed by atoms with van der Waals surface area (Å²) in [5.74, 6) is 0.874. The van der Waals surface area contributed by atoms with Crippen molar-refractivity contribution in [2.24, 2.45) is 4.99 Å². The fourth-order valence-electron chi connectivity index (χ4n) is 2.82. The molecule has 0 atom stereocenters. The first-order valence-corrected chi connectivity index (χ1v) is 8.74. The lowest BCUT2D eigenvalue weighted by atomic mass is 10.2. The van der Waals surface area contributed by atoms with Gasteiger partial charge in [0.1, 0.15) is 12.1 Å². The SMILES string of the molecule is C#Cn1c(-c2ccccc2)[n+](C#CSC2=NCCN2)c2ccccc21. The summed E-state index contributed by atoms with van der Waals surface area (Å²) in [6.07, 6.45) is 5.81. The van der Waals surface area contributed by atoms with Gasteiger partial charge >= 0.3 is 5.82 Å². The summed E-state index contributed by atoms with van der Waals surface area (Å²) < 4.78 is 3.79. The molecule has 2 aromatic carbocycles. The van der Waals surface area contributed by atoms with Crippen molar-refractivity contribution >= 4 is 28.0 Å². The molecule has 3 aromatic rings. The lowest BCUT2D eigenvalue weighted by molar-refractivity contribution is -0.542. The first-order chi connectivity index (χ1) is 12.4. The highest BCUT2D eigenvalue weighted by Crippen LogP contribution is 2.22. The number of rotatable bonds is 1. The highest BCUT2D eigenvalue weighted by Gasteiger charge is 2.25. The van der Waals surface area contributed by atoms with Gasteiger partial charge < -0.3 is 5.32 Å². The van der Waals surface area contributed by atoms with Crippen LogP contribution < -0.4 is 9.88 Å². The van der Waals surface area contributed by atoms with Gasteiger partial charge in [0.15, 0.2) is 16.2 Å². The van der Waals surface area contributed by atoms with Crippen molar-refractivity contribution in [2.45, 2.75) is 0 Å². The third-order valence-electron chi connectivity index (χ3n) is 3.90. The van der Waals surface area contributed by atoms with E-state index in [-0.39, 0.29) is 0 Å². The number of aromatic nitrogens is 2. The topological polar surface area (TPSA) is 33.2 Å². The number of imidazole rings is 1. The Labute approximate surface area is 150 Å². The van der Waals surface area contributed by atoms with Crippen LogP contribution in [-0.4, -0.2) is 22.8 Å². The molecule has 4 rings (SSSR count). The highest BCUT2D eigenvalue weighted by molar-refractivity contribution is 8.17. The van der Waals surface area contributed by atoms with Crippen molar-refractivity contribution in [3.05, 3.63) is 54.6 Å². The molecule has 0 unspecified atom stereocenters. The number of benzene rings is 2. The van der Waals surface area contributed by atoms with E-state index >= 15 is 0 Å². The molecule has 1 aromatic heterocycles. The van der Waals surface area contributed by atoms with Crippen molar-refractivity contribution in [2.75, 3.05) is 13.1 Å². The molecule has 1 aliphatic heterocycles. The summed E-state index contributed by atoms with van der Waals surface area (Å²) in [6.45, 7) is 1.69. The van der Waals surface area contributed by atoms with Gasteiger partial charge in [0, 0.05) is 23.6 Å². The summed E-state index contributed by atoms with van der Waals surface area (Å²) in [4.78, 5) is 4.35. The van der Waals surface area contributed by atoms with Crippen LogP contribution in [-0.2, 0) is 0 Å². The zero-order chi connectivity index (χ0) is 17.1. The van der Waals surface area contributed by atoms with E-state index in [9.17, 15) is 0 Å². The smallest absolute Gasteiger partial charge is 0.316 e. The van der Waals surface area contributed by atoms with Crippen molar-refractivity contribution in [3.8, 4) is 35.2 Å². The molecule has 0 aliphatic carbocycles. The van der Waals surface area contributed by atoms with Gasteiger partial charge in [-0.1, -0.05) is 36.8 Å². The predicted molar refractivity (Wildman–Crippen MR) is 103 cm³/mol. The molecule has 1 aliphatic rings. The van der Waals surface area contributed by atoms with Crippen LogP contribution in [0.15, 0.2) is 59.6 Å². The van der Waals surface area contributed by atoms with Gasteiger partial charge in [0.05, 0.1) is 12.1 Å².